The van der Waals surface area contributed by atoms with Gasteiger partial charge in [0.15, 0.2) is 0 Å². The van der Waals surface area contributed by atoms with Crippen LogP contribution in [0.4, 0.5) is 0 Å². The molecule has 0 atom stereocenters. The van der Waals surface area contributed by atoms with Crippen molar-refractivity contribution >= 4 is 32.9 Å². The molecule has 0 aromatic heterocycles. The molecule has 62 valence electrons. The molecule has 1 aromatic carbocycles. The van der Waals surface area contributed by atoms with Crippen molar-refractivity contribution in [2.75, 3.05) is 0 Å². The van der Waals surface area contributed by atoms with Crippen LogP contribution in [0, 0.1) is 0 Å². The molecule has 0 fully saturated rings. The Hall–Kier alpha value is 0.140. The molecule has 0 aliphatic carbocycles. The summed E-state index contributed by atoms with van der Waals surface area (Å²) in [5, 5.41) is 0.904. The van der Waals surface area contributed by atoms with Crippen molar-refractivity contribution in [3.63, 3.8) is 0 Å². The first kappa shape index (κ1) is 11.1. The lowest BCUT2D eigenvalue weighted by atomic mass is 10.1. The molecule has 1 aromatic rings. The van der Waals surface area contributed by atoms with E-state index in [1.54, 1.807) is 0 Å². The third kappa shape index (κ3) is 3.36. The number of rotatable bonds is 2. The summed E-state index contributed by atoms with van der Waals surface area (Å²) in [5.74, 6) is 0. The molecular weight excluding hydrogens is 270 g/mol. The Labute approximate surface area is 85.9 Å². The molecule has 0 spiro atoms. The highest BCUT2D eigenvalue weighted by molar-refractivity contribution is 9.08. The van der Waals surface area contributed by atoms with Gasteiger partial charge in [-0.3, -0.25) is 0 Å². The minimum absolute atomic E-state index is 0. The van der Waals surface area contributed by atoms with Crippen molar-refractivity contribution in [3.8, 4) is 0 Å². The van der Waals surface area contributed by atoms with Gasteiger partial charge in [0.2, 0.25) is 0 Å². The van der Waals surface area contributed by atoms with E-state index in [4.69, 9.17) is 5.73 Å². The molecule has 0 aliphatic heterocycles. The fourth-order valence-corrected chi connectivity index (χ4v) is 1.19. The highest BCUT2D eigenvalue weighted by Gasteiger charge is 1.90. The van der Waals surface area contributed by atoms with E-state index in [9.17, 15) is 0 Å². The van der Waals surface area contributed by atoms with E-state index in [2.05, 4.69) is 28.1 Å². The lowest BCUT2D eigenvalue weighted by molar-refractivity contribution is 1.07. The third-order valence-corrected chi connectivity index (χ3v) is 2.03. The summed E-state index contributed by atoms with van der Waals surface area (Å²) >= 11 is 3.38. The second-order valence-electron chi connectivity index (χ2n) is 2.16. The number of nitrogens with two attached hydrogens (primary N) is 1. The third-order valence-electron chi connectivity index (χ3n) is 1.38. The average molecular weight is 281 g/mol. The van der Waals surface area contributed by atoms with E-state index < -0.39 is 0 Å². The summed E-state index contributed by atoms with van der Waals surface area (Å²) in [5.41, 5.74) is 7.93. The van der Waals surface area contributed by atoms with Crippen LogP contribution in [-0.2, 0) is 11.9 Å². The van der Waals surface area contributed by atoms with Crippen molar-refractivity contribution in [3.05, 3.63) is 35.4 Å². The Bertz CT molecular complexity index is 194. The number of halogens is 2. The predicted molar refractivity (Wildman–Crippen MR) is 57.3 cm³/mol. The monoisotopic (exact) mass is 279 g/mol. The van der Waals surface area contributed by atoms with Crippen LogP contribution in [0.15, 0.2) is 24.3 Å². The van der Waals surface area contributed by atoms with Gasteiger partial charge in [0.05, 0.1) is 0 Å². The molecule has 1 nitrogen and oxygen atoms in total. The van der Waals surface area contributed by atoms with Crippen LogP contribution >= 0.6 is 32.9 Å². The van der Waals surface area contributed by atoms with Gasteiger partial charge in [0.25, 0.3) is 0 Å². The molecule has 0 amide bonds. The van der Waals surface area contributed by atoms with Gasteiger partial charge in [-0.05, 0) is 11.1 Å². The Morgan fingerprint density at radius 2 is 1.91 bits per heavy atom. The second-order valence-corrected chi connectivity index (χ2v) is 2.72. The van der Waals surface area contributed by atoms with Crippen molar-refractivity contribution in [2.24, 2.45) is 5.73 Å². The van der Waals surface area contributed by atoms with E-state index in [1.165, 1.54) is 11.1 Å². The first-order valence-corrected chi connectivity index (χ1v) is 4.33. The lowest BCUT2D eigenvalue weighted by Crippen LogP contribution is -1.95. The van der Waals surface area contributed by atoms with Gasteiger partial charge in [-0.15, -0.1) is 17.0 Å². The summed E-state index contributed by atoms with van der Waals surface area (Å²) in [6, 6.07) is 8.24. The van der Waals surface area contributed by atoms with Crippen LogP contribution in [-0.4, -0.2) is 0 Å². The van der Waals surface area contributed by atoms with E-state index >= 15 is 0 Å². The van der Waals surface area contributed by atoms with Gasteiger partial charge >= 0.3 is 0 Å². The van der Waals surface area contributed by atoms with Crippen LogP contribution in [0.1, 0.15) is 11.1 Å². The number of hydrogen-bond donors (Lipinski definition) is 1. The van der Waals surface area contributed by atoms with Crippen molar-refractivity contribution in [1.29, 1.82) is 0 Å². The molecule has 0 radical (unpaired) electrons. The van der Waals surface area contributed by atoms with E-state index in [1.807, 2.05) is 12.1 Å². The quantitative estimate of drug-likeness (QED) is 0.828. The molecule has 0 saturated carbocycles. The Kier molecular flexibility index (Phi) is 5.82. The summed E-state index contributed by atoms with van der Waals surface area (Å²) in [6.45, 7) is 0.626. The van der Waals surface area contributed by atoms with Crippen LogP contribution in [0.5, 0.6) is 0 Å². The number of alkyl halides is 1. The number of hydrogen-bond acceptors (Lipinski definition) is 1. The molecular formula is C8H11Br2N. The molecule has 0 saturated heterocycles. The summed E-state index contributed by atoms with van der Waals surface area (Å²) in [6.07, 6.45) is 0. The zero-order chi connectivity index (χ0) is 7.40. The fourth-order valence-electron chi connectivity index (χ4n) is 0.840. The largest absolute Gasteiger partial charge is 0.326 e. The molecule has 1 rings (SSSR count). The molecule has 0 unspecified atom stereocenters. The van der Waals surface area contributed by atoms with Crippen molar-refractivity contribution in [2.45, 2.75) is 11.9 Å². The van der Waals surface area contributed by atoms with E-state index in [0.717, 1.165) is 5.33 Å². The van der Waals surface area contributed by atoms with E-state index in [0.29, 0.717) is 6.54 Å². The van der Waals surface area contributed by atoms with Gasteiger partial charge in [0, 0.05) is 11.9 Å². The summed E-state index contributed by atoms with van der Waals surface area (Å²) in [4.78, 5) is 0. The standard InChI is InChI=1S/C8H10BrN.BrH/c9-5-7-2-1-3-8(4-7)6-10;/h1-4H,5-6,10H2;1H. The first-order valence-electron chi connectivity index (χ1n) is 3.20. The van der Waals surface area contributed by atoms with Crippen molar-refractivity contribution in [1.82, 2.24) is 0 Å². The maximum atomic E-state index is 5.46. The molecule has 0 heterocycles. The van der Waals surface area contributed by atoms with Crippen LogP contribution in [0.25, 0.3) is 0 Å². The fraction of sp³-hybridized carbons (Fsp3) is 0.250. The number of benzene rings is 1. The van der Waals surface area contributed by atoms with Crippen molar-refractivity contribution < 1.29 is 0 Å². The van der Waals surface area contributed by atoms with Gasteiger partial charge in [0.1, 0.15) is 0 Å². The van der Waals surface area contributed by atoms with Gasteiger partial charge in [-0.25, -0.2) is 0 Å². The maximum Gasteiger partial charge on any atom is 0.0283 e. The molecule has 0 aliphatic rings. The molecule has 11 heavy (non-hydrogen) atoms. The minimum Gasteiger partial charge on any atom is -0.326 e. The zero-order valence-electron chi connectivity index (χ0n) is 6.09. The Morgan fingerprint density at radius 1 is 1.27 bits per heavy atom. The first-order chi connectivity index (χ1) is 4.86. The van der Waals surface area contributed by atoms with Crippen LogP contribution in [0.3, 0.4) is 0 Å². The maximum absolute atomic E-state index is 5.46. The topological polar surface area (TPSA) is 26.0 Å². The molecule has 3 heteroatoms. The van der Waals surface area contributed by atoms with Gasteiger partial charge in [-0.2, -0.15) is 0 Å². The van der Waals surface area contributed by atoms with Gasteiger partial charge in [-0.1, -0.05) is 40.2 Å². The highest BCUT2D eigenvalue weighted by atomic mass is 79.9. The second kappa shape index (κ2) is 5.75. The molecule has 2 N–H and O–H groups in total. The van der Waals surface area contributed by atoms with Gasteiger partial charge < -0.3 is 5.73 Å². The Morgan fingerprint density at radius 3 is 2.45 bits per heavy atom. The normalized spacial score (nSPS) is 8.91. The van der Waals surface area contributed by atoms with Crippen LogP contribution < -0.4 is 5.73 Å². The minimum atomic E-state index is 0. The Balaban J connectivity index is 0.000001000. The van der Waals surface area contributed by atoms with Crippen LogP contribution in [0.2, 0.25) is 0 Å². The summed E-state index contributed by atoms with van der Waals surface area (Å²) in [7, 11) is 0. The SMILES string of the molecule is Br.NCc1cccc(CBr)c1. The van der Waals surface area contributed by atoms with E-state index in [-0.39, 0.29) is 17.0 Å². The predicted octanol–water partition coefficient (Wildman–Crippen LogP) is 2.62. The zero-order valence-corrected chi connectivity index (χ0v) is 9.39. The highest BCUT2D eigenvalue weighted by Crippen LogP contribution is 2.07. The average Bonchev–Trinajstić information content (AvgIpc) is 2.05. The summed E-state index contributed by atoms with van der Waals surface area (Å²) < 4.78 is 0. The smallest absolute Gasteiger partial charge is 0.0283 e. The lowest BCUT2D eigenvalue weighted by Gasteiger charge is -1.97. The molecule has 0 bridgehead atoms.